The van der Waals surface area contributed by atoms with Gasteiger partial charge in [-0.15, -0.1) is 6.58 Å². The van der Waals surface area contributed by atoms with Crippen LogP contribution in [-0.2, 0) is 16.1 Å². The molecule has 1 saturated heterocycles. The van der Waals surface area contributed by atoms with E-state index in [-0.39, 0.29) is 17.4 Å². The van der Waals surface area contributed by atoms with Crippen molar-refractivity contribution >= 4 is 17.3 Å². The van der Waals surface area contributed by atoms with E-state index in [1.807, 2.05) is 24.3 Å². The molecule has 0 aliphatic carbocycles. The predicted octanol–water partition coefficient (Wildman–Crippen LogP) is 4.15. The van der Waals surface area contributed by atoms with Crippen LogP contribution < -0.4 is 0 Å². The molecule has 0 bridgehead atoms. The van der Waals surface area contributed by atoms with E-state index in [0.717, 1.165) is 6.42 Å². The van der Waals surface area contributed by atoms with Crippen molar-refractivity contribution in [2.24, 2.45) is 11.3 Å². The first kappa shape index (κ1) is 15.2. The molecule has 0 amide bonds. The highest BCUT2D eigenvalue weighted by atomic mass is 32.1. The lowest BCUT2D eigenvalue weighted by Gasteiger charge is -2.25. The third-order valence-corrected chi connectivity index (χ3v) is 4.29. The highest BCUT2D eigenvalue weighted by Crippen LogP contribution is 2.38. The van der Waals surface area contributed by atoms with Crippen molar-refractivity contribution in [3.8, 4) is 0 Å². The van der Waals surface area contributed by atoms with Crippen molar-refractivity contribution in [1.29, 1.82) is 0 Å². The van der Waals surface area contributed by atoms with Gasteiger partial charge in [0.2, 0.25) is 0 Å². The first-order chi connectivity index (χ1) is 9.53. The van der Waals surface area contributed by atoms with Gasteiger partial charge in [-0.05, 0) is 29.6 Å². The molecule has 1 heterocycles. The van der Waals surface area contributed by atoms with Gasteiger partial charge in [-0.2, -0.15) is 0 Å². The van der Waals surface area contributed by atoms with Crippen molar-refractivity contribution in [3.63, 3.8) is 0 Å². The van der Waals surface area contributed by atoms with Gasteiger partial charge in [0.1, 0.15) is 6.10 Å². The van der Waals surface area contributed by atoms with Crippen LogP contribution in [0.3, 0.4) is 0 Å². The highest BCUT2D eigenvalue weighted by Gasteiger charge is 2.39. The van der Waals surface area contributed by atoms with Gasteiger partial charge in [0.25, 0.3) is 0 Å². The second kappa shape index (κ2) is 6.51. The van der Waals surface area contributed by atoms with Crippen LogP contribution in [0, 0.1) is 11.3 Å². The Bertz CT molecular complexity index is 467. The lowest BCUT2D eigenvalue weighted by Crippen LogP contribution is -2.24. The van der Waals surface area contributed by atoms with Crippen LogP contribution in [0.15, 0.2) is 43.0 Å². The second-order valence-corrected chi connectivity index (χ2v) is 6.28. The summed E-state index contributed by atoms with van der Waals surface area (Å²) in [4.78, 5) is 0. The zero-order chi connectivity index (χ0) is 14.6. The molecular formula is C17H22O2S. The SMILES string of the molecule is C=CC(C)(C)C1CC(COCc2ccccc2)OC1=S. The first-order valence-electron chi connectivity index (χ1n) is 6.98. The Labute approximate surface area is 126 Å². The second-order valence-electron chi connectivity index (χ2n) is 5.87. The van der Waals surface area contributed by atoms with E-state index in [2.05, 4.69) is 32.6 Å². The summed E-state index contributed by atoms with van der Waals surface area (Å²) in [5.74, 6) is 0.250. The van der Waals surface area contributed by atoms with E-state index < -0.39 is 0 Å². The Hall–Kier alpha value is -1.19. The summed E-state index contributed by atoms with van der Waals surface area (Å²) in [5.41, 5.74) is 1.15. The van der Waals surface area contributed by atoms with Crippen LogP contribution in [0.25, 0.3) is 0 Å². The Balaban J connectivity index is 1.81. The van der Waals surface area contributed by atoms with Crippen LogP contribution in [0.2, 0.25) is 0 Å². The standard InChI is InChI=1S/C17H22O2S/c1-4-17(2,3)15-10-14(19-16(15)20)12-18-11-13-8-6-5-7-9-13/h4-9,14-15H,1,10-12H2,2-3H3. The normalized spacial score (nSPS) is 22.6. The molecule has 1 fully saturated rings. The molecule has 0 N–H and O–H groups in total. The molecule has 1 aliphatic heterocycles. The van der Waals surface area contributed by atoms with E-state index in [1.54, 1.807) is 0 Å². The molecule has 0 radical (unpaired) electrons. The third-order valence-electron chi connectivity index (χ3n) is 3.91. The molecule has 2 rings (SSSR count). The van der Waals surface area contributed by atoms with Crippen molar-refractivity contribution in [2.45, 2.75) is 33.0 Å². The van der Waals surface area contributed by atoms with Crippen molar-refractivity contribution in [2.75, 3.05) is 6.61 Å². The molecule has 0 saturated carbocycles. The van der Waals surface area contributed by atoms with Crippen LogP contribution in [-0.4, -0.2) is 17.8 Å². The van der Waals surface area contributed by atoms with E-state index in [1.165, 1.54) is 5.56 Å². The minimum atomic E-state index is -0.0226. The number of hydrogen-bond acceptors (Lipinski definition) is 3. The predicted molar refractivity (Wildman–Crippen MR) is 85.7 cm³/mol. The molecule has 20 heavy (non-hydrogen) atoms. The van der Waals surface area contributed by atoms with Crippen LogP contribution in [0.5, 0.6) is 0 Å². The number of hydrogen-bond donors (Lipinski definition) is 0. The molecule has 2 atom stereocenters. The zero-order valence-corrected chi connectivity index (χ0v) is 13.0. The number of thiocarbonyl (C=S) groups is 1. The van der Waals surface area contributed by atoms with Gasteiger partial charge in [0.05, 0.1) is 13.2 Å². The van der Waals surface area contributed by atoms with Gasteiger partial charge >= 0.3 is 0 Å². The van der Waals surface area contributed by atoms with Crippen LogP contribution in [0.4, 0.5) is 0 Å². The maximum absolute atomic E-state index is 5.76. The quantitative estimate of drug-likeness (QED) is 0.579. The monoisotopic (exact) mass is 290 g/mol. The number of ether oxygens (including phenoxy) is 2. The lowest BCUT2D eigenvalue weighted by molar-refractivity contribution is 0.0451. The Morgan fingerprint density at radius 1 is 1.40 bits per heavy atom. The summed E-state index contributed by atoms with van der Waals surface area (Å²) in [6, 6.07) is 10.2. The van der Waals surface area contributed by atoms with Crippen molar-refractivity contribution in [1.82, 2.24) is 0 Å². The lowest BCUT2D eigenvalue weighted by atomic mass is 9.78. The van der Waals surface area contributed by atoms with Gasteiger partial charge in [-0.25, -0.2) is 0 Å². The maximum Gasteiger partial charge on any atom is 0.164 e. The minimum Gasteiger partial charge on any atom is -0.481 e. The molecule has 108 valence electrons. The number of allylic oxidation sites excluding steroid dienone is 1. The van der Waals surface area contributed by atoms with E-state index in [9.17, 15) is 0 Å². The van der Waals surface area contributed by atoms with E-state index >= 15 is 0 Å². The van der Waals surface area contributed by atoms with Gasteiger partial charge in [0.15, 0.2) is 5.05 Å². The Kier molecular flexibility index (Phi) is 4.95. The fraction of sp³-hybridized carbons (Fsp3) is 0.471. The summed E-state index contributed by atoms with van der Waals surface area (Å²) in [6.07, 6.45) is 2.93. The number of rotatable bonds is 6. The molecule has 0 spiro atoms. The van der Waals surface area contributed by atoms with Gasteiger partial charge in [-0.3, -0.25) is 0 Å². The Morgan fingerprint density at radius 3 is 2.75 bits per heavy atom. The molecule has 1 aromatic carbocycles. The van der Waals surface area contributed by atoms with Crippen LogP contribution >= 0.6 is 12.2 Å². The zero-order valence-electron chi connectivity index (χ0n) is 12.2. The molecular weight excluding hydrogens is 268 g/mol. The average Bonchev–Trinajstić information content (AvgIpc) is 2.82. The van der Waals surface area contributed by atoms with E-state index in [0.29, 0.717) is 18.3 Å². The smallest absolute Gasteiger partial charge is 0.164 e. The summed E-state index contributed by atoms with van der Waals surface area (Å²) < 4.78 is 11.5. The third kappa shape index (κ3) is 3.68. The molecule has 2 unspecified atom stereocenters. The molecule has 2 nitrogen and oxygen atoms in total. The van der Waals surface area contributed by atoms with Gasteiger partial charge < -0.3 is 9.47 Å². The summed E-state index contributed by atoms with van der Waals surface area (Å²) in [5, 5.41) is 0.697. The molecule has 3 heteroatoms. The molecule has 1 aliphatic rings. The van der Waals surface area contributed by atoms with Gasteiger partial charge in [0, 0.05) is 5.92 Å². The van der Waals surface area contributed by atoms with Crippen LogP contribution in [0.1, 0.15) is 25.8 Å². The summed E-state index contributed by atoms with van der Waals surface area (Å²) >= 11 is 5.35. The summed E-state index contributed by atoms with van der Waals surface area (Å²) in [6.45, 7) is 9.38. The maximum atomic E-state index is 5.76. The van der Waals surface area contributed by atoms with Gasteiger partial charge in [-0.1, -0.05) is 50.3 Å². The highest BCUT2D eigenvalue weighted by molar-refractivity contribution is 7.80. The fourth-order valence-electron chi connectivity index (χ4n) is 2.39. The number of benzene rings is 1. The Morgan fingerprint density at radius 2 is 2.10 bits per heavy atom. The summed E-state index contributed by atoms with van der Waals surface area (Å²) in [7, 11) is 0. The van der Waals surface area contributed by atoms with E-state index in [4.69, 9.17) is 21.7 Å². The topological polar surface area (TPSA) is 18.5 Å². The first-order valence-corrected chi connectivity index (χ1v) is 7.39. The van der Waals surface area contributed by atoms with Crippen molar-refractivity contribution < 1.29 is 9.47 Å². The largest absolute Gasteiger partial charge is 0.481 e. The van der Waals surface area contributed by atoms with Crippen molar-refractivity contribution in [3.05, 3.63) is 48.6 Å². The fourth-order valence-corrected chi connectivity index (χ4v) is 2.92. The average molecular weight is 290 g/mol. The minimum absolute atomic E-state index is 0.0226. The molecule has 1 aromatic rings. The molecule has 0 aromatic heterocycles.